The molecule has 1 atom stereocenters. The van der Waals surface area contributed by atoms with Crippen LogP contribution in [0.25, 0.3) is 0 Å². The normalized spacial score (nSPS) is 17.6. The van der Waals surface area contributed by atoms with E-state index in [-0.39, 0.29) is 5.69 Å². The van der Waals surface area contributed by atoms with Crippen molar-refractivity contribution in [1.29, 1.82) is 0 Å². The van der Waals surface area contributed by atoms with Crippen LogP contribution in [0, 0.1) is 10.1 Å². The summed E-state index contributed by atoms with van der Waals surface area (Å²) in [6.45, 7) is 1.76. The van der Waals surface area contributed by atoms with E-state index in [4.69, 9.17) is 15.5 Å². The first-order chi connectivity index (χ1) is 13.4. The highest BCUT2D eigenvalue weighted by Crippen LogP contribution is 2.48. The number of nitrogens with two attached hydrogens (primary N) is 1. The van der Waals surface area contributed by atoms with Crippen LogP contribution in [0.4, 0.5) is 17.2 Å². The number of nitrogens with one attached hydrogen (secondary N) is 1. The molecule has 0 amide bonds. The van der Waals surface area contributed by atoms with Crippen LogP contribution in [0.1, 0.15) is 35.2 Å². The summed E-state index contributed by atoms with van der Waals surface area (Å²) in [5.41, 5.74) is 11.2. The topological polar surface area (TPSA) is 120 Å². The van der Waals surface area contributed by atoms with Gasteiger partial charge in [-0.15, -0.1) is 0 Å². The van der Waals surface area contributed by atoms with E-state index in [1.54, 1.807) is 30.8 Å². The van der Waals surface area contributed by atoms with Gasteiger partial charge in [-0.2, -0.15) is 11.8 Å². The number of rotatable bonds is 3. The summed E-state index contributed by atoms with van der Waals surface area (Å²) in [7, 11) is 1.31. The second-order valence-corrected chi connectivity index (χ2v) is 7.63. The van der Waals surface area contributed by atoms with Crippen molar-refractivity contribution in [2.75, 3.05) is 18.2 Å². The van der Waals surface area contributed by atoms with Crippen LogP contribution in [0.5, 0.6) is 0 Å². The molecule has 0 bridgehead atoms. The largest absolute Gasteiger partial charge is 0.466 e. The standard InChI is InChI=1S/C19H18N4O4S/c1-9-14(19(24)27-2)15(10-4-3-5-11(6-10)23(25)26)16-17(20)12-7-28-8-13(12)22-18(16)21-9/h3-6,15H,7-8H2,1-2H3,(H3,20,21,22). The first-order valence-corrected chi connectivity index (χ1v) is 9.77. The lowest BCUT2D eigenvalue weighted by atomic mass is 9.80. The SMILES string of the molecule is COC(=O)C1=C(C)Nc2nc3c(c(N)c2C1c1cccc([N+](=O)[O-])c1)CSC3. The highest BCUT2D eigenvalue weighted by molar-refractivity contribution is 7.98. The van der Waals surface area contributed by atoms with Gasteiger partial charge in [0.2, 0.25) is 0 Å². The molecule has 4 rings (SSSR count). The van der Waals surface area contributed by atoms with Gasteiger partial charge >= 0.3 is 5.97 Å². The van der Waals surface area contributed by atoms with Gasteiger partial charge < -0.3 is 15.8 Å². The van der Waals surface area contributed by atoms with Gasteiger partial charge in [0, 0.05) is 52.1 Å². The summed E-state index contributed by atoms with van der Waals surface area (Å²) >= 11 is 1.73. The number of esters is 1. The van der Waals surface area contributed by atoms with Crippen LogP contribution in [-0.2, 0) is 21.0 Å². The van der Waals surface area contributed by atoms with Crippen LogP contribution >= 0.6 is 11.8 Å². The van der Waals surface area contributed by atoms with Gasteiger partial charge in [-0.25, -0.2) is 9.78 Å². The molecule has 0 saturated carbocycles. The van der Waals surface area contributed by atoms with Gasteiger partial charge in [0.15, 0.2) is 0 Å². The summed E-state index contributed by atoms with van der Waals surface area (Å²) in [6, 6.07) is 6.24. The molecule has 8 nitrogen and oxygen atoms in total. The average Bonchev–Trinajstić information content (AvgIpc) is 3.15. The van der Waals surface area contributed by atoms with Gasteiger partial charge in [-0.05, 0) is 12.5 Å². The zero-order valence-electron chi connectivity index (χ0n) is 15.3. The van der Waals surface area contributed by atoms with E-state index in [1.807, 2.05) is 0 Å². The molecule has 2 aliphatic rings. The van der Waals surface area contributed by atoms with Crippen molar-refractivity contribution in [1.82, 2.24) is 4.98 Å². The number of nitro benzene ring substituents is 1. The molecule has 28 heavy (non-hydrogen) atoms. The number of ether oxygens (including phenoxy) is 1. The Bertz CT molecular complexity index is 1050. The molecule has 1 aromatic heterocycles. The number of carbonyl (C=O) groups excluding carboxylic acids is 1. The lowest BCUT2D eigenvalue weighted by Gasteiger charge is -2.31. The smallest absolute Gasteiger partial charge is 0.336 e. The number of pyridine rings is 1. The lowest BCUT2D eigenvalue weighted by molar-refractivity contribution is -0.384. The molecule has 0 saturated heterocycles. The Morgan fingerprint density at radius 2 is 2.21 bits per heavy atom. The number of nitrogens with zero attached hydrogens (tertiary/aromatic N) is 2. The molecular formula is C19H18N4O4S. The first-order valence-electron chi connectivity index (χ1n) is 8.61. The fourth-order valence-corrected chi connectivity index (χ4v) is 4.82. The predicted octanol–water partition coefficient (Wildman–Crippen LogP) is 3.32. The van der Waals surface area contributed by atoms with Gasteiger partial charge in [0.05, 0.1) is 23.3 Å². The molecule has 0 fully saturated rings. The quantitative estimate of drug-likeness (QED) is 0.459. The number of hydrogen-bond donors (Lipinski definition) is 2. The van der Waals surface area contributed by atoms with E-state index in [9.17, 15) is 14.9 Å². The van der Waals surface area contributed by atoms with Crippen molar-refractivity contribution < 1.29 is 14.5 Å². The van der Waals surface area contributed by atoms with E-state index in [1.165, 1.54) is 19.2 Å². The lowest BCUT2D eigenvalue weighted by Crippen LogP contribution is -2.26. The van der Waals surface area contributed by atoms with Crippen LogP contribution in [0.15, 0.2) is 35.5 Å². The van der Waals surface area contributed by atoms with Crippen molar-refractivity contribution in [3.05, 3.63) is 68.0 Å². The molecule has 144 valence electrons. The van der Waals surface area contributed by atoms with Crippen LogP contribution < -0.4 is 11.1 Å². The van der Waals surface area contributed by atoms with Crippen molar-refractivity contribution in [2.45, 2.75) is 24.3 Å². The maximum absolute atomic E-state index is 12.6. The average molecular weight is 398 g/mol. The summed E-state index contributed by atoms with van der Waals surface area (Å²) in [5, 5.41) is 14.5. The molecule has 0 aliphatic carbocycles. The number of nitro groups is 1. The number of non-ortho nitro benzene ring substituents is 1. The summed E-state index contributed by atoms with van der Waals surface area (Å²) in [6.07, 6.45) is 0. The monoisotopic (exact) mass is 398 g/mol. The van der Waals surface area contributed by atoms with Crippen molar-refractivity contribution in [3.63, 3.8) is 0 Å². The van der Waals surface area contributed by atoms with Crippen LogP contribution in [0.3, 0.4) is 0 Å². The zero-order valence-corrected chi connectivity index (χ0v) is 16.1. The second-order valence-electron chi connectivity index (χ2n) is 6.65. The molecule has 0 spiro atoms. The summed E-state index contributed by atoms with van der Waals surface area (Å²) in [4.78, 5) is 28.2. The second kappa shape index (κ2) is 6.83. The first kappa shape index (κ1) is 18.3. The Kier molecular flexibility index (Phi) is 4.46. The van der Waals surface area contributed by atoms with E-state index in [0.717, 1.165) is 22.8 Å². The summed E-state index contributed by atoms with van der Waals surface area (Å²) in [5.74, 6) is 0.996. The Labute approximate surface area is 165 Å². The Morgan fingerprint density at radius 3 is 2.93 bits per heavy atom. The van der Waals surface area contributed by atoms with E-state index < -0.39 is 16.8 Å². The number of thioether (sulfide) groups is 1. The highest BCUT2D eigenvalue weighted by atomic mass is 32.2. The Morgan fingerprint density at radius 1 is 1.43 bits per heavy atom. The minimum atomic E-state index is -0.605. The number of fused-ring (bicyclic) bond motifs is 2. The number of aromatic nitrogens is 1. The van der Waals surface area contributed by atoms with Crippen LogP contribution in [0.2, 0.25) is 0 Å². The maximum atomic E-state index is 12.6. The molecule has 9 heteroatoms. The Balaban J connectivity index is 1.99. The minimum absolute atomic E-state index is 0.0531. The molecule has 2 aromatic rings. The van der Waals surface area contributed by atoms with Gasteiger partial charge in [0.25, 0.3) is 5.69 Å². The number of nitrogen functional groups attached to an aromatic ring is 1. The minimum Gasteiger partial charge on any atom is -0.466 e. The molecule has 1 unspecified atom stereocenters. The molecule has 3 heterocycles. The maximum Gasteiger partial charge on any atom is 0.336 e. The van der Waals surface area contributed by atoms with E-state index in [2.05, 4.69) is 5.32 Å². The Hall–Kier alpha value is -3.07. The van der Waals surface area contributed by atoms with E-state index >= 15 is 0 Å². The number of anilines is 2. The zero-order chi connectivity index (χ0) is 20.0. The van der Waals surface area contributed by atoms with Crippen molar-refractivity contribution in [2.24, 2.45) is 0 Å². The fourth-order valence-electron chi connectivity index (χ4n) is 3.76. The van der Waals surface area contributed by atoms with E-state index in [0.29, 0.717) is 33.9 Å². The molecular weight excluding hydrogens is 380 g/mol. The number of benzene rings is 1. The van der Waals surface area contributed by atoms with Gasteiger partial charge in [0.1, 0.15) is 5.82 Å². The number of carbonyl (C=O) groups is 1. The van der Waals surface area contributed by atoms with Gasteiger partial charge in [-0.3, -0.25) is 10.1 Å². The van der Waals surface area contributed by atoms with Crippen molar-refractivity contribution >= 4 is 34.9 Å². The number of allylic oxidation sites excluding steroid dienone is 1. The molecule has 1 aromatic carbocycles. The third-order valence-corrected chi connectivity index (χ3v) is 6.03. The molecule has 3 N–H and O–H groups in total. The molecule has 0 radical (unpaired) electrons. The number of methoxy groups -OCH3 is 1. The fraction of sp³-hybridized carbons (Fsp3) is 0.263. The van der Waals surface area contributed by atoms with Crippen molar-refractivity contribution in [3.8, 4) is 0 Å². The number of hydrogen-bond acceptors (Lipinski definition) is 8. The highest BCUT2D eigenvalue weighted by Gasteiger charge is 2.37. The molecule has 2 aliphatic heterocycles. The third-order valence-electron chi connectivity index (χ3n) is 5.06. The van der Waals surface area contributed by atoms with Gasteiger partial charge in [-0.1, -0.05) is 12.1 Å². The predicted molar refractivity (Wildman–Crippen MR) is 107 cm³/mol. The van der Waals surface area contributed by atoms with Crippen LogP contribution in [-0.4, -0.2) is 23.0 Å². The third kappa shape index (κ3) is 2.78. The summed E-state index contributed by atoms with van der Waals surface area (Å²) < 4.78 is 5.00.